The first-order valence-corrected chi connectivity index (χ1v) is 25.3. The van der Waals surface area contributed by atoms with Crippen LogP contribution < -0.4 is 4.90 Å². The molecule has 0 aromatic heterocycles. The molecule has 10 aromatic carbocycles. The molecular formula is C69H55N. The Balaban J connectivity index is 0.943. The van der Waals surface area contributed by atoms with Crippen molar-refractivity contribution in [1.29, 1.82) is 0 Å². The number of anilines is 3. The second-order valence-electron chi connectivity index (χ2n) is 20.0. The predicted octanol–water partition coefficient (Wildman–Crippen LogP) is 18.4. The van der Waals surface area contributed by atoms with Crippen LogP contribution in [0, 0.1) is 18.8 Å². The Morgan fingerprint density at radius 2 is 0.871 bits per heavy atom. The number of hydrogen-bond acceptors (Lipinski definition) is 1. The minimum Gasteiger partial charge on any atom is -0.310 e. The predicted molar refractivity (Wildman–Crippen MR) is 293 cm³/mol. The summed E-state index contributed by atoms with van der Waals surface area (Å²) in [6, 6.07) is 92.8. The van der Waals surface area contributed by atoms with Crippen molar-refractivity contribution in [1.82, 2.24) is 0 Å². The van der Waals surface area contributed by atoms with E-state index in [1.54, 1.807) is 0 Å². The molecular weight excluding hydrogens is 843 g/mol. The van der Waals surface area contributed by atoms with E-state index < -0.39 is 5.41 Å². The van der Waals surface area contributed by atoms with Crippen molar-refractivity contribution in [3.8, 4) is 55.6 Å². The SMILES string of the molecule is Cc1cccc2c1-c1ccc(N(c3ccc(-c4ccc(C5CC6CCC5C6)cc4)cc3)c3ccc(-c4ccccc4-c4ccccc4-c4ccccc4)cc3)cc1C2(c1ccccc1)c1ccccc1. The molecule has 0 saturated heterocycles. The Morgan fingerprint density at radius 3 is 1.43 bits per heavy atom. The summed E-state index contributed by atoms with van der Waals surface area (Å²) >= 11 is 0. The van der Waals surface area contributed by atoms with E-state index in [4.69, 9.17) is 0 Å². The van der Waals surface area contributed by atoms with Gasteiger partial charge in [0.25, 0.3) is 0 Å². The zero-order valence-corrected chi connectivity index (χ0v) is 39.7. The first-order chi connectivity index (χ1) is 34.6. The lowest BCUT2D eigenvalue weighted by Gasteiger charge is -2.35. The fourth-order valence-electron chi connectivity index (χ4n) is 13.0. The Kier molecular flexibility index (Phi) is 10.5. The highest BCUT2D eigenvalue weighted by molar-refractivity contribution is 5.94. The zero-order valence-electron chi connectivity index (χ0n) is 39.7. The first kappa shape index (κ1) is 42.1. The Hall–Kier alpha value is -8.00. The van der Waals surface area contributed by atoms with Crippen molar-refractivity contribution in [2.75, 3.05) is 4.90 Å². The summed E-state index contributed by atoms with van der Waals surface area (Å²) in [6.45, 7) is 2.27. The number of fused-ring (bicyclic) bond motifs is 5. The third-order valence-electron chi connectivity index (χ3n) is 16.2. The molecule has 3 unspecified atom stereocenters. The normalized spacial score (nSPS) is 17.2. The Labute approximate surface area is 413 Å². The van der Waals surface area contributed by atoms with Gasteiger partial charge >= 0.3 is 0 Å². The maximum absolute atomic E-state index is 2.49. The molecule has 3 aliphatic carbocycles. The van der Waals surface area contributed by atoms with Crippen LogP contribution in [-0.2, 0) is 5.41 Å². The third-order valence-corrected chi connectivity index (χ3v) is 16.2. The van der Waals surface area contributed by atoms with Crippen LogP contribution in [0.15, 0.2) is 249 Å². The summed E-state index contributed by atoms with van der Waals surface area (Å²) in [5.74, 6) is 2.56. The molecule has 3 atom stereocenters. The molecule has 0 radical (unpaired) electrons. The summed E-state index contributed by atoms with van der Waals surface area (Å²) in [5.41, 5.74) is 23.2. The van der Waals surface area contributed by atoms with E-state index in [2.05, 4.69) is 261 Å². The van der Waals surface area contributed by atoms with Gasteiger partial charge in [-0.25, -0.2) is 0 Å². The van der Waals surface area contributed by atoms with Crippen molar-refractivity contribution < 1.29 is 0 Å². The molecule has 336 valence electrons. The van der Waals surface area contributed by atoms with E-state index in [0.29, 0.717) is 0 Å². The van der Waals surface area contributed by atoms with Crippen molar-refractivity contribution in [2.24, 2.45) is 11.8 Å². The minimum atomic E-state index is -0.515. The molecule has 0 spiro atoms. The van der Waals surface area contributed by atoms with Gasteiger partial charge in [0, 0.05) is 17.1 Å². The highest BCUT2D eigenvalue weighted by Gasteiger charge is 2.47. The fourth-order valence-corrected chi connectivity index (χ4v) is 13.0. The van der Waals surface area contributed by atoms with Gasteiger partial charge in [-0.1, -0.05) is 219 Å². The van der Waals surface area contributed by atoms with E-state index >= 15 is 0 Å². The second kappa shape index (κ2) is 17.5. The van der Waals surface area contributed by atoms with Crippen LogP contribution in [-0.4, -0.2) is 0 Å². The molecule has 3 aliphatic rings. The zero-order chi connectivity index (χ0) is 46.6. The van der Waals surface area contributed by atoms with Crippen molar-refractivity contribution in [2.45, 2.75) is 43.9 Å². The van der Waals surface area contributed by atoms with Gasteiger partial charge in [0.1, 0.15) is 0 Å². The Morgan fingerprint density at radius 1 is 0.371 bits per heavy atom. The van der Waals surface area contributed by atoms with Gasteiger partial charge in [0.2, 0.25) is 0 Å². The number of hydrogen-bond donors (Lipinski definition) is 0. The first-order valence-electron chi connectivity index (χ1n) is 25.3. The minimum absolute atomic E-state index is 0.515. The highest BCUT2D eigenvalue weighted by Crippen LogP contribution is 2.58. The van der Waals surface area contributed by atoms with Gasteiger partial charge in [0.15, 0.2) is 0 Å². The van der Waals surface area contributed by atoms with Gasteiger partial charge in [-0.3, -0.25) is 0 Å². The molecule has 1 heteroatoms. The van der Waals surface area contributed by atoms with Gasteiger partial charge in [-0.15, -0.1) is 0 Å². The topological polar surface area (TPSA) is 3.24 Å². The fraction of sp³-hybridized carbons (Fsp3) is 0.130. The lowest BCUT2D eigenvalue weighted by molar-refractivity contribution is 0.420. The number of benzene rings is 10. The standard InChI is InChI=1S/C69H55N/c1-47-16-15-27-66-68(47)64-43-42-59(46-67(64)69(66,55-19-7-3-8-20-55)56-21-9-4-10-22-56)70(57-38-34-50(35-39-57)49-30-32-53(33-31-49)65-45-48-28-29-54(65)44-48)58-40-36-52(37-41-58)61-24-12-14-26-63(61)62-25-13-11-23-60(62)51-17-5-2-6-18-51/h2-27,30-43,46,48,54,65H,28-29,44-45H2,1H3. The van der Waals surface area contributed by atoms with Crippen molar-refractivity contribution >= 4 is 17.1 Å². The van der Waals surface area contributed by atoms with Gasteiger partial charge in [-0.05, 0) is 169 Å². The highest BCUT2D eigenvalue weighted by atomic mass is 15.1. The van der Waals surface area contributed by atoms with Crippen LogP contribution in [0.3, 0.4) is 0 Å². The van der Waals surface area contributed by atoms with E-state index in [-0.39, 0.29) is 0 Å². The van der Waals surface area contributed by atoms with Crippen LogP contribution in [0.5, 0.6) is 0 Å². The quantitative estimate of drug-likeness (QED) is 0.132. The molecule has 10 aromatic rings. The van der Waals surface area contributed by atoms with Crippen LogP contribution in [0.25, 0.3) is 55.6 Å². The Bertz CT molecular complexity index is 3440. The van der Waals surface area contributed by atoms with Crippen LogP contribution in [0.1, 0.15) is 65.0 Å². The van der Waals surface area contributed by atoms with Gasteiger partial charge in [0.05, 0.1) is 5.41 Å². The maximum Gasteiger partial charge on any atom is 0.0714 e. The maximum atomic E-state index is 2.49. The van der Waals surface area contributed by atoms with E-state index in [0.717, 1.165) is 34.8 Å². The molecule has 2 bridgehead atoms. The van der Waals surface area contributed by atoms with Crippen molar-refractivity contribution in [3.63, 3.8) is 0 Å². The monoisotopic (exact) mass is 897 g/mol. The summed E-state index contributed by atoms with van der Waals surface area (Å²) in [5, 5.41) is 0. The average molecular weight is 898 g/mol. The molecule has 0 amide bonds. The average Bonchev–Trinajstić information content (AvgIpc) is 4.16. The molecule has 0 aliphatic heterocycles. The molecule has 0 heterocycles. The lowest BCUT2D eigenvalue weighted by atomic mass is 9.67. The van der Waals surface area contributed by atoms with Gasteiger partial charge in [-0.2, -0.15) is 0 Å². The smallest absolute Gasteiger partial charge is 0.0714 e. The van der Waals surface area contributed by atoms with Crippen LogP contribution >= 0.6 is 0 Å². The number of nitrogens with zero attached hydrogens (tertiary/aromatic N) is 1. The lowest BCUT2D eigenvalue weighted by Crippen LogP contribution is -2.28. The van der Waals surface area contributed by atoms with E-state index in [9.17, 15) is 0 Å². The van der Waals surface area contributed by atoms with Crippen LogP contribution in [0.4, 0.5) is 17.1 Å². The number of rotatable bonds is 10. The molecule has 1 nitrogen and oxygen atoms in total. The summed E-state index contributed by atoms with van der Waals surface area (Å²) in [7, 11) is 0. The summed E-state index contributed by atoms with van der Waals surface area (Å²) in [6.07, 6.45) is 5.64. The number of aryl methyl sites for hydroxylation is 1. The molecule has 2 saturated carbocycles. The van der Waals surface area contributed by atoms with Gasteiger partial charge < -0.3 is 4.90 Å². The molecule has 0 N–H and O–H groups in total. The largest absolute Gasteiger partial charge is 0.310 e. The summed E-state index contributed by atoms with van der Waals surface area (Å²) in [4.78, 5) is 2.46. The van der Waals surface area contributed by atoms with E-state index in [1.807, 2.05) is 0 Å². The third kappa shape index (κ3) is 7.06. The van der Waals surface area contributed by atoms with Crippen LogP contribution in [0.2, 0.25) is 0 Å². The molecule has 2 fully saturated rings. The summed E-state index contributed by atoms with van der Waals surface area (Å²) < 4.78 is 0. The molecule has 70 heavy (non-hydrogen) atoms. The van der Waals surface area contributed by atoms with Crippen molar-refractivity contribution in [3.05, 3.63) is 282 Å². The van der Waals surface area contributed by atoms with E-state index in [1.165, 1.54) is 115 Å². The molecule has 13 rings (SSSR count). The second-order valence-corrected chi connectivity index (χ2v) is 20.0.